The third-order valence-corrected chi connectivity index (χ3v) is 9.01. The Balaban J connectivity index is 1.09. The highest BCUT2D eigenvalue weighted by Gasteiger charge is 2.43. The van der Waals surface area contributed by atoms with Gasteiger partial charge in [0.2, 0.25) is 15.9 Å². The maximum absolute atomic E-state index is 13.4. The third-order valence-electron chi connectivity index (χ3n) is 8.08. The Bertz CT molecular complexity index is 1320. The van der Waals surface area contributed by atoms with E-state index < -0.39 is 10.0 Å². The Hall–Kier alpha value is -3.02. The van der Waals surface area contributed by atoms with Crippen LogP contribution in [-0.2, 0) is 14.8 Å². The number of benzene rings is 1. The Kier molecular flexibility index (Phi) is 6.61. The van der Waals surface area contributed by atoms with Crippen LogP contribution in [0.4, 0.5) is 0 Å². The van der Waals surface area contributed by atoms with E-state index in [-0.39, 0.29) is 34.6 Å². The molecule has 1 aliphatic carbocycles. The summed E-state index contributed by atoms with van der Waals surface area (Å²) in [6, 6.07) is 7.65. The third kappa shape index (κ3) is 5.14. The molecule has 11 heteroatoms. The number of primary sulfonamides is 1. The number of fused-ring (bicyclic) bond motifs is 1. The molecule has 10 nitrogen and oxygen atoms in total. The Morgan fingerprint density at radius 2 is 1.47 bits per heavy atom. The minimum Gasteiger partial charge on any atom is -0.474 e. The molecular weight excluding hydrogens is 508 g/mol. The summed E-state index contributed by atoms with van der Waals surface area (Å²) in [6.45, 7) is 3.71. The molecule has 0 spiro atoms. The van der Waals surface area contributed by atoms with Gasteiger partial charge < -0.3 is 19.3 Å². The Morgan fingerprint density at radius 1 is 0.895 bits per heavy atom. The summed E-state index contributed by atoms with van der Waals surface area (Å²) >= 11 is 0. The van der Waals surface area contributed by atoms with Crippen LogP contribution in [-0.4, -0.2) is 80.5 Å². The molecule has 3 aliphatic heterocycles. The number of carbonyl (C=O) groups excluding carboxylic acids is 2. The van der Waals surface area contributed by atoms with E-state index in [2.05, 4.69) is 4.98 Å². The maximum Gasteiger partial charge on any atom is 0.255 e. The molecule has 1 aromatic heterocycles. The topological polar surface area (TPSA) is 132 Å². The highest BCUT2D eigenvalue weighted by Crippen LogP contribution is 2.44. The number of pyridine rings is 1. The van der Waals surface area contributed by atoms with Crippen LogP contribution < -0.4 is 9.88 Å². The van der Waals surface area contributed by atoms with Crippen molar-refractivity contribution in [3.05, 3.63) is 53.2 Å². The quantitative estimate of drug-likeness (QED) is 0.593. The second-order valence-electron chi connectivity index (χ2n) is 10.8. The van der Waals surface area contributed by atoms with Crippen LogP contribution in [0, 0.1) is 11.8 Å². The summed E-state index contributed by atoms with van der Waals surface area (Å²) in [7, 11) is -3.81. The fourth-order valence-corrected chi connectivity index (χ4v) is 6.32. The molecule has 0 unspecified atom stereocenters. The molecule has 6 rings (SSSR count). The fraction of sp³-hybridized carbons (Fsp3) is 0.519. The van der Waals surface area contributed by atoms with Crippen LogP contribution in [0.5, 0.6) is 5.88 Å². The van der Waals surface area contributed by atoms with Gasteiger partial charge in [-0.05, 0) is 49.1 Å². The fourth-order valence-electron chi connectivity index (χ4n) is 5.80. The van der Waals surface area contributed by atoms with Crippen molar-refractivity contribution in [3.8, 4) is 5.88 Å². The molecule has 4 heterocycles. The Labute approximate surface area is 222 Å². The average Bonchev–Trinajstić information content (AvgIpc) is 3.57. The standard InChI is InChI=1S/C27H32N4O6S/c28-38(34,35)23-5-3-18(4-6-23)26(32)30-13-20-15-31(16-21(20)14-30)27(33)19-11-24(17-1-2-17)25(29-12-19)37-22-7-9-36-10-8-22/h3-6,11-12,17,20-22H,1-2,7-10,13-16H2,(H2,28,34,35)/t20-,21-/m0/s1. The largest absolute Gasteiger partial charge is 0.474 e. The summed E-state index contributed by atoms with van der Waals surface area (Å²) < 4.78 is 34.6. The molecule has 2 N–H and O–H groups in total. The normalized spacial score (nSPS) is 23.9. The van der Waals surface area contributed by atoms with Crippen molar-refractivity contribution < 1.29 is 27.5 Å². The van der Waals surface area contributed by atoms with Gasteiger partial charge in [0.1, 0.15) is 6.10 Å². The molecule has 0 bridgehead atoms. The van der Waals surface area contributed by atoms with Gasteiger partial charge in [0.25, 0.3) is 11.8 Å². The van der Waals surface area contributed by atoms with Crippen LogP contribution in [0.1, 0.15) is 57.9 Å². The lowest BCUT2D eigenvalue weighted by Crippen LogP contribution is -2.35. The van der Waals surface area contributed by atoms with E-state index in [0.29, 0.717) is 62.3 Å². The lowest BCUT2D eigenvalue weighted by molar-refractivity contribution is 0.0233. The van der Waals surface area contributed by atoms with Crippen molar-refractivity contribution in [2.24, 2.45) is 17.0 Å². The molecule has 0 radical (unpaired) electrons. The molecule has 38 heavy (non-hydrogen) atoms. The van der Waals surface area contributed by atoms with Crippen molar-refractivity contribution in [2.45, 2.75) is 42.6 Å². The maximum atomic E-state index is 13.4. The summed E-state index contributed by atoms with van der Waals surface area (Å²) in [5, 5.41) is 5.15. The molecule has 1 aromatic carbocycles. The van der Waals surface area contributed by atoms with Gasteiger partial charge in [0.15, 0.2) is 0 Å². The number of sulfonamides is 1. The highest BCUT2D eigenvalue weighted by molar-refractivity contribution is 7.89. The number of hydrogen-bond acceptors (Lipinski definition) is 7. The van der Waals surface area contributed by atoms with Gasteiger partial charge in [-0.25, -0.2) is 18.5 Å². The number of nitrogens with zero attached hydrogens (tertiary/aromatic N) is 3. The molecule has 2 atom stereocenters. The van der Waals surface area contributed by atoms with Crippen LogP contribution in [0.3, 0.4) is 0 Å². The molecule has 3 saturated heterocycles. The van der Waals surface area contributed by atoms with Gasteiger partial charge >= 0.3 is 0 Å². The minimum absolute atomic E-state index is 0.0241. The predicted molar refractivity (Wildman–Crippen MR) is 137 cm³/mol. The van der Waals surface area contributed by atoms with E-state index in [1.54, 1.807) is 11.1 Å². The molecular formula is C27H32N4O6S. The number of rotatable bonds is 6. The molecule has 2 amide bonds. The van der Waals surface area contributed by atoms with Crippen molar-refractivity contribution in [2.75, 3.05) is 39.4 Å². The van der Waals surface area contributed by atoms with Crippen molar-refractivity contribution in [3.63, 3.8) is 0 Å². The van der Waals surface area contributed by atoms with Crippen LogP contribution >= 0.6 is 0 Å². The summed E-state index contributed by atoms with van der Waals surface area (Å²) in [4.78, 5) is 34.6. The van der Waals surface area contributed by atoms with E-state index in [4.69, 9.17) is 14.6 Å². The van der Waals surface area contributed by atoms with Crippen LogP contribution in [0.25, 0.3) is 0 Å². The Morgan fingerprint density at radius 3 is 2.03 bits per heavy atom. The zero-order valence-electron chi connectivity index (χ0n) is 21.1. The first-order valence-corrected chi connectivity index (χ1v) is 14.8. The first-order valence-electron chi connectivity index (χ1n) is 13.2. The van der Waals surface area contributed by atoms with E-state index in [1.807, 2.05) is 11.0 Å². The lowest BCUT2D eigenvalue weighted by Gasteiger charge is -2.24. The minimum atomic E-state index is -3.81. The van der Waals surface area contributed by atoms with Crippen LogP contribution in [0.15, 0.2) is 41.4 Å². The van der Waals surface area contributed by atoms with Crippen molar-refractivity contribution >= 4 is 21.8 Å². The summed E-state index contributed by atoms with van der Waals surface area (Å²) in [6.07, 6.45) is 5.62. The first-order chi connectivity index (χ1) is 18.3. The zero-order chi connectivity index (χ0) is 26.4. The van der Waals surface area contributed by atoms with E-state index in [0.717, 1.165) is 31.2 Å². The summed E-state index contributed by atoms with van der Waals surface area (Å²) in [5.41, 5.74) is 2.05. The number of carbonyl (C=O) groups is 2. The van der Waals surface area contributed by atoms with Gasteiger partial charge in [-0.15, -0.1) is 0 Å². The zero-order valence-corrected chi connectivity index (χ0v) is 21.9. The predicted octanol–water partition coefficient (Wildman–Crippen LogP) is 2.01. The number of aromatic nitrogens is 1. The molecule has 4 fully saturated rings. The number of hydrogen-bond donors (Lipinski definition) is 1. The van der Waals surface area contributed by atoms with Gasteiger partial charge in [-0.3, -0.25) is 9.59 Å². The van der Waals surface area contributed by atoms with E-state index in [1.165, 1.54) is 24.3 Å². The SMILES string of the molecule is NS(=O)(=O)c1ccc(C(=O)N2C[C@H]3CN(C(=O)c4cnc(OC5CCOCC5)c(C5CC5)c4)C[C@@H]3C2)cc1. The number of ether oxygens (including phenoxy) is 2. The molecule has 4 aliphatic rings. The second-order valence-corrected chi connectivity index (χ2v) is 12.4. The van der Waals surface area contributed by atoms with Crippen molar-refractivity contribution in [1.82, 2.24) is 14.8 Å². The lowest BCUT2D eigenvalue weighted by atomic mass is 10.0. The van der Waals surface area contributed by atoms with E-state index in [9.17, 15) is 18.0 Å². The van der Waals surface area contributed by atoms with Crippen LogP contribution in [0.2, 0.25) is 0 Å². The van der Waals surface area contributed by atoms with Gasteiger partial charge in [-0.1, -0.05) is 0 Å². The number of amides is 2. The second kappa shape index (κ2) is 9.94. The number of nitrogens with two attached hydrogens (primary N) is 1. The van der Waals surface area contributed by atoms with Gasteiger partial charge in [0.05, 0.1) is 23.7 Å². The monoisotopic (exact) mass is 540 g/mol. The number of likely N-dealkylation sites (tertiary alicyclic amines) is 2. The smallest absolute Gasteiger partial charge is 0.255 e. The highest BCUT2D eigenvalue weighted by atomic mass is 32.2. The molecule has 1 saturated carbocycles. The molecule has 202 valence electrons. The summed E-state index contributed by atoms with van der Waals surface area (Å²) in [5.74, 6) is 1.30. The molecule has 2 aromatic rings. The average molecular weight is 541 g/mol. The van der Waals surface area contributed by atoms with E-state index >= 15 is 0 Å². The van der Waals surface area contributed by atoms with Gasteiger partial charge in [0, 0.05) is 68.2 Å². The van der Waals surface area contributed by atoms with Gasteiger partial charge in [-0.2, -0.15) is 0 Å². The first kappa shape index (κ1) is 25.3. The van der Waals surface area contributed by atoms with Crippen molar-refractivity contribution in [1.29, 1.82) is 0 Å².